The molecule has 0 atom stereocenters. The van der Waals surface area contributed by atoms with E-state index in [0.717, 1.165) is 5.56 Å². The Hall–Kier alpha value is -1.17. The molecule has 1 aromatic carbocycles. The SMILES string of the molecule is CN=C(NCc1ccc(S(=O)(=O)N(C)C(C)C)cc1)NCc1ccsc1.I. The number of sulfonamides is 1. The van der Waals surface area contributed by atoms with Gasteiger partial charge in [-0.2, -0.15) is 15.6 Å². The molecule has 0 saturated carbocycles. The first-order chi connectivity index (χ1) is 12.3. The van der Waals surface area contributed by atoms with Crippen LogP contribution in [0.25, 0.3) is 0 Å². The van der Waals surface area contributed by atoms with Crippen LogP contribution in [0.5, 0.6) is 0 Å². The minimum Gasteiger partial charge on any atom is -0.352 e. The lowest BCUT2D eigenvalue weighted by atomic mass is 10.2. The normalized spacial score (nSPS) is 12.1. The highest BCUT2D eigenvalue weighted by Gasteiger charge is 2.22. The fourth-order valence-corrected chi connectivity index (χ4v) is 4.24. The van der Waals surface area contributed by atoms with Crippen LogP contribution in [-0.2, 0) is 23.1 Å². The van der Waals surface area contributed by atoms with Crippen LogP contribution < -0.4 is 10.6 Å². The minimum absolute atomic E-state index is 0. The zero-order chi connectivity index (χ0) is 19.2. The number of nitrogens with zero attached hydrogens (tertiary/aromatic N) is 2. The molecule has 0 saturated heterocycles. The standard InChI is InChI=1S/C18H26N4O2S2.HI/c1-14(2)22(4)26(23,24)17-7-5-15(6-8-17)11-20-18(19-3)21-12-16-9-10-25-13-16;/h5-10,13-14H,11-12H2,1-4H3,(H2,19,20,21);1H. The lowest BCUT2D eigenvalue weighted by molar-refractivity contribution is 0.410. The maximum absolute atomic E-state index is 12.5. The summed E-state index contributed by atoms with van der Waals surface area (Å²) in [5.74, 6) is 0.701. The summed E-state index contributed by atoms with van der Waals surface area (Å²) in [5, 5.41) is 10.6. The molecule has 0 unspecified atom stereocenters. The van der Waals surface area contributed by atoms with Gasteiger partial charge in [0.05, 0.1) is 4.90 Å². The number of hydrogen-bond acceptors (Lipinski definition) is 4. The Labute approximate surface area is 183 Å². The number of thiophene rings is 1. The fraction of sp³-hybridized carbons (Fsp3) is 0.389. The number of benzene rings is 1. The molecule has 6 nitrogen and oxygen atoms in total. The van der Waals surface area contributed by atoms with Crippen LogP contribution in [0, 0.1) is 0 Å². The van der Waals surface area contributed by atoms with Gasteiger partial charge < -0.3 is 10.6 Å². The van der Waals surface area contributed by atoms with E-state index in [0.29, 0.717) is 23.9 Å². The van der Waals surface area contributed by atoms with E-state index in [9.17, 15) is 8.42 Å². The Kier molecular flexibility index (Phi) is 9.71. The van der Waals surface area contributed by atoms with Gasteiger partial charge in [-0.15, -0.1) is 24.0 Å². The first kappa shape index (κ1) is 23.9. The smallest absolute Gasteiger partial charge is 0.243 e. The summed E-state index contributed by atoms with van der Waals surface area (Å²) >= 11 is 1.66. The molecule has 1 aromatic heterocycles. The second-order valence-corrected chi connectivity index (χ2v) is 8.95. The van der Waals surface area contributed by atoms with Gasteiger partial charge in [-0.1, -0.05) is 12.1 Å². The first-order valence-corrected chi connectivity index (χ1v) is 10.8. The topological polar surface area (TPSA) is 73.8 Å². The molecule has 0 fully saturated rings. The molecule has 2 rings (SSSR count). The van der Waals surface area contributed by atoms with Gasteiger partial charge >= 0.3 is 0 Å². The van der Waals surface area contributed by atoms with E-state index in [1.165, 1.54) is 9.87 Å². The third-order valence-electron chi connectivity index (χ3n) is 4.05. The largest absolute Gasteiger partial charge is 0.352 e. The summed E-state index contributed by atoms with van der Waals surface area (Å²) in [7, 11) is -0.128. The van der Waals surface area contributed by atoms with Crippen molar-refractivity contribution in [1.29, 1.82) is 0 Å². The van der Waals surface area contributed by atoms with Crippen LogP contribution in [0.4, 0.5) is 0 Å². The molecule has 0 spiro atoms. The van der Waals surface area contributed by atoms with Crippen LogP contribution in [0.1, 0.15) is 25.0 Å². The number of rotatable bonds is 7. The van der Waals surface area contributed by atoms with Gasteiger partial charge in [-0.05, 0) is 53.9 Å². The van der Waals surface area contributed by atoms with Crippen LogP contribution in [0.3, 0.4) is 0 Å². The Bertz CT molecular complexity index is 820. The number of hydrogen-bond donors (Lipinski definition) is 2. The lowest BCUT2D eigenvalue weighted by Gasteiger charge is -2.21. The van der Waals surface area contributed by atoms with Gasteiger partial charge in [0.1, 0.15) is 0 Å². The zero-order valence-corrected chi connectivity index (χ0v) is 19.9. The van der Waals surface area contributed by atoms with Gasteiger partial charge in [0.15, 0.2) is 5.96 Å². The average molecular weight is 522 g/mol. The molecule has 0 aliphatic carbocycles. The molecule has 1 heterocycles. The monoisotopic (exact) mass is 522 g/mol. The van der Waals surface area contributed by atoms with Crippen molar-refractivity contribution in [3.8, 4) is 0 Å². The molecule has 0 bridgehead atoms. The zero-order valence-electron chi connectivity index (χ0n) is 16.0. The molecule has 2 aromatic rings. The predicted molar refractivity (Wildman–Crippen MR) is 123 cm³/mol. The van der Waals surface area contributed by atoms with E-state index in [1.54, 1.807) is 37.6 Å². The lowest BCUT2D eigenvalue weighted by Crippen LogP contribution is -2.36. The van der Waals surface area contributed by atoms with Crippen molar-refractivity contribution >= 4 is 51.3 Å². The summed E-state index contributed by atoms with van der Waals surface area (Å²) in [5.41, 5.74) is 2.19. The molecular formula is C18H27IN4O2S2. The van der Waals surface area contributed by atoms with Crippen LogP contribution in [0.2, 0.25) is 0 Å². The predicted octanol–water partition coefficient (Wildman–Crippen LogP) is 3.26. The highest BCUT2D eigenvalue weighted by atomic mass is 127. The summed E-state index contributed by atoms with van der Waals surface area (Å²) in [6, 6.07) is 8.91. The van der Waals surface area contributed by atoms with Crippen molar-refractivity contribution < 1.29 is 8.42 Å². The maximum atomic E-state index is 12.5. The summed E-state index contributed by atoms with van der Waals surface area (Å²) in [6.45, 7) is 4.97. The first-order valence-electron chi connectivity index (χ1n) is 8.37. The van der Waals surface area contributed by atoms with Gasteiger partial charge in [0.25, 0.3) is 0 Å². The average Bonchev–Trinajstić information content (AvgIpc) is 3.15. The van der Waals surface area contributed by atoms with E-state index in [1.807, 2.05) is 31.4 Å². The highest BCUT2D eigenvalue weighted by molar-refractivity contribution is 14.0. The molecule has 0 amide bonds. The van der Waals surface area contributed by atoms with E-state index in [4.69, 9.17) is 0 Å². The highest BCUT2D eigenvalue weighted by Crippen LogP contribution is 2.17. The van der Waals surface area contributed by atoms with Crippen LogP contribution in [0.15, 0.2) is 51.0 Å². The third kappa shape index (κ3) is 6.74. The molecule has 0 aliphatic heterocycles. The van der Waals surface area contributed by atoms with Crippen LogP contribution >= 0.6 is 35.3 Å². The van der Waals surface area contributed by atoms with Gasteiger partial charge in [0.2, 0.25) is 10.0 Å². The van der Waals surface area contributed by atoms with Crippen LogP contribution in [-0.4, -0.2) is 38.8 Å². The summed E-state index contributed by atoms with van der Waals surface area (Å²) in [6.07, 6.45) is 0. The van der Waals surface area contributed by atoms with Gasteiger partial charge in [-0.25, -0.2) is 8.42 Å². The van der Waals surface area contributed by atoms with Crippen molar-refractivity contribution in [2.75, 3.05) is 14.1 Å². The Morgan fingerprint density at radius 3 is 2.19 bits per heavy atom. The van der Waals surface area contributed by atoms with Crippen molar-refractivity contribution in [2.24, 2.45) is 4.99 Å². The quantitative estimate of drug-likeness (QED) is 0.333. The Balaban J connectivity index is 0.00000364. The second-order valence-electron chi connectivity index (χ2n) is 6.17. The minimum atomic E-state index is -3.45. The molecule has 27 heavy (non-hydrogen) atoms. The number of aliphatic imine (C=N–C) groups is 1. The van der Waals surface area contributed by atoms with Gasteiger partial charge in [-0.3, -0.25) is 4.99 Å². The Morgan fingerprint density at radius 2 is 1.70 bits per heavy atom. The van der Waals surface area contributed by atoms with Crippen molar-refractivity contribution in [2.45, 2.75) is 37.9 Å². The molecule has 9 heteroatoms. The number of halogens is 1. The molecule has 150 valence electrons. The van der Waals surface area contributed by atoms with Gasteiger partial charge in [0, 0.05) is 33.2 Å². The van der Waals surface area contributed by atoms with E-state index in [2.05, 4.69) is 27.1 Å². The number of nitrogens with one attached hydrogen (secondary N) is 2. The molecule has 0 radical (unpaired) electrons. The number of guanidine groups is 1. The maximum Gasteiger partial charge on any atom is 0.243 e. The van der Waals surface area contributed by atoms with Crippen molar-refractivity contribution in [3.05, 3.63) is 52.2 Å². The third-order valence-corrected chi connectivity index (χ3v) is 6.83. The fourth-order valence-electron chi connectivity index (χ4n) is 2.21. The Morgan fingerprint density at radius 1 is 1.11 bits per heavy atom. The van der Waals surface area contributed by atoms with Crippen molar-refractivity contribution in [1.82, 2.24) is 14.9 Å². The van der Waals surface area contributed by atoms with E-state index in [-0.39, 0.29) is 30.0 Å². The summed E-state index contributed by atoms with van der Waals surface area (Å²) in [4.78, 5) is 4.50. The summed E-state index contributed by atoms with van der Waals surface area (Å²) < 4.78 is 26.3. The molecular weight excluding hydrogens is 495 g/mol. The molecule has 2 N–H and O–H groups in total. The van der Waals surface area contributed by atoms with E-state index >= 15 is 0 Å². The second kappa shape index (κ2) is 11.0. The van der Waals surface area contributed by atoms with E-state index < -0.39 is 10.0 Å². The molecule has 0 aliphatic rings. The van der Waals surface area contributed by atoms with Crippen molar-refractivity contribution in [3.63, 3.8) is 0 Å².